The number of halogens is 1. The maximum atomic E-state index is 6.67. The molecule has 0 aliphatic carbocycles. The van der Waals surface area contributed by atoms with Crippen LogP contribution in [-0.4, -0.2) is 54.7 Å². The fraction of sp³-hybridized carbons (Fsp3) is 0.778. The van der Waals surface area contributed by atoms with Crippen molar-refractivity contribution in [2.45, 2.75) is 70.6 Å². The molecule has 5 rings (SSSR count). The number of hydrogen-bond acceptors (Lipinski definition) is 1. The first kappa shape index (κ1) is 22.6. The first-order valence-electron chi connectivity index (χ1n) is 12.9. The van der Waals surface area contributed by atoms with E-state index in [1.165, 1.54) is 110 Å². The zero-order valence-corrected chi connectivity index (χ0v) is 19.9. The lowest BCUT2D eigenvalue weighted by molar-refractivity contribution is -0.927. The average Bonchev–Trinajstić information content (AvgIpc) is 2.76. The molecule has 0 N–H and O–H groups in total. The molecule has 0 aromatic heterocycles. The standard InChI is InChI=1S/C27H44ClN2/c28-23-30-17-12-8-4-2-5-9-13-24-19-26-21-29(20-24)16-11-7-3-1-6-10-14-25(22-30)27(26)15-18-30/h1-2,5-6,19,24-25,27H,3-4,7-18,20-23H2/q+1/b5-2-,6-1-/t24-,25-,27-,30-/m1/s1. The van der Waals surface area contributed by atoms with E-state index in [-0.39, 0.29) is 0 Å². The molecule has 5 aliphatic rings. The molecule has 0 amide bonds. The molecule has 168 valence electrons. The van der Waals surface area contributed by atoms with E-state index in [1.54, 1.807) is 5.57 Å². The van der Waals surface area contributed by atoms with E-state index in [4.69, 9.17) is 11.6 Å². The first-order chi connectivity index (χ1) is 14.8. The van der Waals surface area contributed by atoms with Crippen LogP contribution in [0.3, 0.4) is 0 Å². The van der Waals surface area contributed by atoms with Crippen LogP contribution < -0.4 is 0 Å². The van der Waals surface area contributed by atoms with E-state index >= 15 is 0 Å². The number of nitrogens with zero attached hydrogens (tertiary/aromatic N) is 2. The molecule has 1 fully saturated rings. The van der Waals surface area contributed by atoms with E-state index in [2.05, 4.69) is 35.3 Å². The van der Waals surface area contributed by atoms with Crippen LogP contribution in [-0.2, 0) is 0 Å². The van der Waals surface area contributed by atoms with Gasteiger partial charge in [0.25, 0.3) is 0 Å². The third-order valence-electron chi connectivity index (χ3n) is 8.27. The van der Waals surface area contributed by atoms with Crippen LogP contribution in [0.4, 0.5) is 0 Å². The number of piperidine rings is 1. The van der Waals surface area contributed by atoms with E-state index < -0.39 is 0 Å². The average molecular weight is 432 g/mol. The summed E-state index contributed by atoms with van der Waals surface area (Å²) < 4.78 is 1.16. The van der Waals surface area contributed by atoms with Crippen molar-refractivity contribution in [3.63, 3.8) is 0 Å². The number of fused-ring (bicyclic) bond motifs is 8. The Morgan fingerprint density at radius 3 is 2.47 bits per heavy atom. The van der Waals surface area contributed by atoms with E-state index in [0.29, 0.717) is 0 Å². The minimum atomic E-state index is 0.752. The molecule has 6 bridgehead atoms. The predicted molar refractivity (Wildman–Crippen MR) is 130 cm³/mol. The fourth-order valence-electron chi connectivity index (χ4n) is 6.56. The maximum absolute atomic E-state index is 6.67. The van der Waals surface area contributed by atoms with Gasteiger partial charge < -0.3 is 4.48 Å². The van der Waals surface area contributed by atoms with Crippen molar-refractivity contribution in [2.75, 3.05) is 45.3 Å². The van der Waals surface area contributed by atoms with Gasteiger partial charge in [0.15, 0.2) is 6.00 Å². The van der Waals surface area contributed by atoms with Crippen LogP contribution in [0.5, 0.6) is 0 Å². The Kier molecular flexibility index (Phi) is 8.55. The summed E-state index contributed by atoms with van der Waals surface area (Å²) in [5.41, 5.74) is 1.80. The van der Waals surface area contributed by atoms with Gasteiger partial charge in [0.05, 0.1) is 19.6 Å². The first-order valence-corrected chi connectivity index (χ1v) is 13.5. The summed E-state index contributed by atoms with van der Waals surface area (Å²) in [5.74, 6) is 2.35. The maximum Gasteiger partial charge on any atom is 0.154 e. The van der Waals surface area contributed by atoms with Crippen molar-refractivity contribution in [3.05, 3.63) is 36.0 Å². The number of hydrogen-bond donors (Lipinski definition) is 0. The number of allylic oxidation sites excluding steroid dienone is 4. The molecule has 1 saturated heterocycles. The van der Waals surface area contributed by atoms with Crippen molar-refractivity contribution in [1.29, 1.82) is 0 Å². The SMILES string of the molecule is ClC[N@@+]12CCCC/C=C\CC[C@@H]3C=C4CN(CCCC/C=C\CC[C@H](C1)[C@H]4CC2)C3. The summed E-state index contributed by atoms with van der Waals surface area (Å²) in [6.45, 7) is 7.69. The Hall–Kier alpha value is -0.570. The Balaban J connectivity index is 1.62. The largest absolute Gasteiger partial charge is 0.311 e. The van der Waals surface area contributed by atoms with Crippen molar-refractivity contribution in [2.24, 2.45) is 17.8 Å². The molecule has 0 aromatic rings. The zero-order chi connectivity index (χ0) is 20.7. The van der Waals surface area contributed by atoms with E-state index in [9.17, 15) is 0 Å². The second-order valence-electron chi connectivity index (χ2n) is 10.6. The summed E-state index contributed by atoms with van der Waals surface area (Å²) in [6.07, 6.45) is 27.0. The minimum absolute atomic E-state index is 0.752. The van der Waals surface area contributed by atoms with Crippen molar-refractivity contribution < 1.29 is 4.48 Å². The summed E-state index contributed by atoms with van der Waals surface area (Å²) in [4.78, 5) is 2.80. The molecule has 1 unspecified atom stereocenters. The lowest BCUT2D eigenvalue weighted by atomic mass is 9.74. The molecule has 5 aliphatic heterocycles. The highest BCUT2D eigenvalue weighted by Gasteiger charge is 2.41. The Bertz CT molecular complexity index is 624. The third-order valence-corrected chi connectivity index (χ3v) is 8.78. The van der Waals surface area contributed by atoms with Gasteiger partial charge >= 0.3 is 0 Å². The monoisotopic (exact) mass is 431 g/mol. The minimum Gasteiger partial charge on any atom is -0.311 e. The van der Waals surface area contributed by atoms with Gasteiger partial charge in [-0.1, -0.05) is 47.6 Å². The lowest BCUT2D eigenvalue weighted by Crippen LogP contribution is -2.57. The topological polar surface area (TPSA) is 3.24 Å². The van der Waals surface area contributed by atoms with Crippen LogP contribution in [0, 0.1) is 17.8 Å². The summed E-state index contributed by atoms with van der Waals surface area (Å²) in [5, 5.41) is 0. The van der Waals surface area contributed by atoms with Crippen LogP contribution >= 0.6 is 11.6 Å². The van der Waals surface area contributed by atoms with Gasteiger partial charge in [-0.25, -0.2) is 0 Å². The molecule has 0 aromatic carbocycles. The van der Waals surface area contributed by atoms with Crippen LogP contribution in [0.25, 0.3) is 0 Å². The lowest BCUT2D eigenvalue weighted by Gasteiger charge is -2.48. The van der Waals surface area contributed by atoms with Crippen LogP contribution in [0.2, 0.25) is 0 Å². The van der Waals surface area contributed by atoms with Crippen LogP contribution in [0.15, 0.2) is 36.0 Å². The third kappa shape index (κ3) is 6.02. The van der Waals surface area contributed by atoms with Gasteiger partial charge in [0, 0.05) is 25.4 Å². The molecule has 0 radical (unpaired) electrons. The smallest absolute Gasteiger partial charge is 0.154 e. The zero-order valence-electron chi connectivity index (χ0n) is 19.1. The van der Waals surface area contributed by atoms with Gasteiger partial charge in [-0.2, -0.15) is 0 Å². The molecule has 0 spiro atoms. The second kappa shape index (κ2) is 11.3. The second-order valence-corrected chi connectivity index (χ2v) is 10.8. The molecule has 5 heterocycles. The van der Waals surface area contributed by atoms with Gasteiger partial charge in [-0.15, -0.1) is 0 Å². The van der Waals surface area contributed by atoms with Crippen LogP contribution in [0.1, 0.15) is 70.6 Å². The molecule has 3 heteroatoms. The molecular formula is C27H44ClN2+. The number of alkyl halides is 1. The van der Waals surface area contributed by atoms with Crippen molar-refractivity contribution in [3.8, 4) is 0 Å². The normalized spacial score (nSPS) is 40.9. The molecule has 30 heavy (non-hydrogen) atoms. The highest BCUT2D eigenvalue weighted by Crippen LogP contribution is 2.39. The Morgan fingerprint density at radius 2 is 1.63 bits per heavy atom. The number of rotatable bonds is 1. The molecule has 2 nitrogen and oxygen atoms in total. The molecule has 5 atom stereocenters. The Labute approximate surface area is 190 Å². The van der Waals surface area contributed by atoms with Gasteiger partial charge in [0.1, 0.15) is 0 Å². The Morgan fingerprint density at radius 1 is 0.867 bits per heavy atom. The van der Waals surface area contributed by atoms with Gasteiger partial charge in [-0.3, -0.25) is 4.90 Å². The van der Waals surface area contributed by atoms with E-state index in [0.717, 1.165) is 28.2 Å². The van der Waals surface area contributed by atoms with Crippen molar-refractivity contribution >= 4 is 11.6 Å². The quantitative estimate of drug-likeness (QED) is 0.197. The van der Waals surface area contributed by atoms with Gasteiger partial charge in [-0.05, 0) is 82.6 Å². The summed E-state index contributed by atoms with van der Waals surface area (Å²) in [7, 11) is 0. The highest BCUT2D eigenvalue weighted by molar-refractivity contribution is 6.17. The van der Waals surface area contributed by atoms with Crippen molar-refractivity contribution in [1.82, 2.24) is 4.90 Å². The number of quaternary nitrogens is 1. The fourth-order valence-corrected chi connectivity index (χ4v) is 6.90. The predicted octanol–water partition coefficient (Wildman–Crippen LogP) is 6.53. The molecule has 0 saturated carbocycles. The van der Waals surface area contributed by atoms with Gasteiger partial charge in [0.2, 0.25) is 0 Å². The summed E-state index contributed by atoms with van der Waals surface area (Å²) in [6, 6.07) is 0.808. The van der Waals surface area contributed by atoms with E-state index in [1.807, 2.05) is 0 Å². The highest BCUT2D eigenvalue weighted by atomic mass is 35.5. The molecular weight excluding hydrogens is 388 g/mol. The summed E-state index contributed by atoms with van der Waals surface area (Å²) >= 11 is 6.67.